The van der Waals surface area contributed by atoms with Crippen LogP contribution in [0.2, 0.25) is 0 Å². The summed E-state index contributed by atoms with van der Waals surface area (Å²) in [6.07, 6.45) is 8.83. The average Bonchev–Trinajstić information content (AvgIpc) is 3.23. The van der Waals surface area contributed by atoms with E-state index >= 15 is 0 Å². The number of benzene rings is 5. The Morgan fingerprint density at radius 2 is 1.00 bits per heavy atom. The SMILES string of the molecule is C#Cc1ccc(F)c(F)c1.CCCC(=O)C#Cc1ccc(F)c(F)c1.CCCC(O)C#Cc1ccc(F)c(F)c1.Fc1ccc(C=C(Br)Br)cc1F.O=Cc1ccc(F)c(F)c1. The van der Waals surface area contributed by atoms with Gasteiger partial charge < -0.3 is 5.11 Å². The number of hydrogen-bond acceptors (Lipinski definition) is 3. The van der Waals surface area contributed by atoms with Gasteiger partial charge in [0.15, 0.2) is 58.2 Å². The molecule has 3 nitrogen and oxygen atoms in total. The molecule has 1 unspecified atom stereocenters. The molecule has 1 N–H and O–H groups in total. The molecule has 0 fully saturated rings. The third kappa shape index (κ3) is 22.1. The number of carbonyl (C=O) groups excluding carboxylic acids is 2. The molecule has 0 amide bonds. The Labute approximate surface area is 369 Å². The van der Waals surface area contributed by atoms with E-state index in [1.165, 1.54) is 30.3 Å². The monoisotopic (exact) mass is 994 g/mol. The average molecular weight is 997 g/mol. The van der Waals surface area contributed by atoms with E-state index in [4.69, 9.17) is 6.42 Å². The van der Waals surface area contributed by atoms with Gasteiger partial charge in [0.2, 0.25) is 5.78 Å². The maximum atomic E-state index is 12.7. The zero-order valence-corrected chi connectivity index (χ0v) is 35.8. The van der Waals surface area contributed by atoms with Crippen molar-refractivity contribution < 1.29 is 58.6 Å². The van der Waals surface area contributed by atoms with Crippen molar-refractivity contribution in [2.75, 3.05) is 0 Å². The van der Waals surface area contributed by atoms with Crippen LogP contribution in [0, 0.1) is 94.2 Å². The summed E-state index contributed by atoms with van der Waals surface area (Å²) in [4.78, 5) is 21.0. The van der Waals surface area contributed by atoms with Crippen LogP contribution in [0.1, 0.15) is 72.1 Å². The fourth-order valence-corrected chi connectivity index (χ4v) is 4.52. The standard InChI is InChI=1S/C12H12F2O.C12H10F2O.C8H4Br2F2.C8H4F2.C7H4F2O/c2*1-2-3-10(15)6-4-9-5-7-11(13)12(14)8-9;9-8(10)4-5-1-2-6(11)7(12)3-5;1-2-6-3-4-7(9)8(10)5-6;8-6-2-1-5(4-10)3-7(6)9/h5,7-8,10,15H,2-3H2,1H3;5,7-8H,2-3H2,1H3;1-4H;1,3-5H;1-4H. The molecule has 324 valence electrons. The first kappa shape index (κ1) is 54.1. The molecule has 0 saturated heterocycles. The Morgan fingerprint density at radius 1 is 0.597 bits per heavy atom. The Kier molecular flexibility index (Phi) is 25.6. The van der Waals surface area contributed by atoms with Crippen LogP contribution >= 0.6 is 31.9 Å². The van der Waals surface area contributed by atoms with Crippen LogP contribution in [-0.4, -0.2) is 23.3 Å². The fraction of sp³-hybridized carbons (Fsp3) is 0.149. The number of aliphatic hydroxyl groups excluding tert-OH is 1. The van der Waals surface area contributed by atoms with E-state index in [9.17, 15) is 58.6 Å². The maximum absolute atomic E-state index is 12.7. The molecule has 1 atom stereocenters. The number of ketones is 1. The van der Waals surface area contributed by atoms with E-state index in [0.29, 0.717) is 44.8 Å². The number of terminal acetylenes is 1. The van der Waals surface area contributed by atoms with Gasteiger partial charge in [-0.2, -0.15) is 0 Å². The lowest BCUT2D eigenvalue weighted by molar-refractivity contribution is -0.113. The summed E-state index contributed by atoms with van der Waals surface area (Å²) in [6, 6.07) is 16.7. The normalized spacial score (nSPS) is 9.90. The van der Waals surface area contributed by atoms with Gasteiger partial charge in [-0.15, -0.1) is 6.42 Å². The third-order valence-corrected chi connectivity index (χ3v) is 7.45. The zero-order valence-electron chi connectivity index (χ0n) is 32.6. The second-order valence-electron chi connectivity index (χ2n) is 11.9. The minimum atomic E-state index is -0.996. The van der Waals surface area contributed by atoms with Gasteiger partial charge in [-0.1, -0.05) is 50.0 Å². The number of hydrogen-bond donors (Lipinski definition) is 1. The number of rotatable bonds is 6. The first-order valence-corrected chi connectivity index (χ1v) is 19.4. The van der Waals surface area contributed by atoms with Gasteiger partial charge in [0.1, 0.15) is 12.4 Å². The number of halogens is 12. The lowest BCUT2D eigenvalue weighted by Crippen LogP contribution is -2.01. The van der Waals surface area contributed by atoms with E-state index in [1.54, 1.807) is 6.08 Å². The Morgan fingerprint density at radius 3 is 1.40 bits per heavy atom. The van der Waals surface area contributed by atoms with Gasteiger partial charge in [0.25, 0.3) is 0 Å². The van der Waals surface area contributed by atoms with Gasteiger partial charge in [-0.3, -0.25) is 9.59 Å². The molecule has 5 aromatic carbocycles. The summed E-state index contributed by atoms with van der Waals surface area (Å²) < 4.78 is 125. The summed E-state index contributed by atoms with van der Waals surface area (Å²) in [7, 11) is 0. The van der Waals surface area contributed by atoms with Crippen molar-refractivity contribution in [2.45, 2.75) is 45.6 Å². The van der Waals surface area contributed by atoms with E-state index in [-0.39, 0.29) is 11.3 Å². The van der Waals surface area contributed by atoms with Crippen molar-refractivity contribution in [3.63, 3.8) is 0 Å². The van der Waals surface area contributed by atoms with Gasteiger partial charge in [-0.25, -0.2) is 43.9 Å². The molecule has 0 aliphatic carbocycles. The summed E-state index contributed by atoms with van der Waals surface area (Å²) in [6.45, 7) is 3.81. The molecule has 0 spiro atoms. The quantitative estimate of drug-likeness (QED) is 0.105. The van der Waals surface area contributed by atoms with Crippen molar-refractivity contribution in [1.82, 2.24) is 0 Å². The van der Waals surface area contributed by atoms with E-state index in [1.807, 2.05) is 13.8 Å². The first-order chi connectivity index (χ1) is 29.3. The lowest BCUT2D eigenvalue weighted by Gasteiger charge is -1.98. The topological polar surface area (TPSA) is 54.4 Å². The second kappa shape index (κ2) is 29.4. The molecular formula is C47H34Br2F10O3. The fourth-order valence-electron chi connectivity index (χ4n) is 3.99. The Bertz CT molecular complexity index is 2470. The van der Waals surface area contributed by atoms with Crippen molar-refractivity contribution in [3.05, 3.63) is 180 Å². The summed E-state index contributed by atoms with van der Waals surface area (Å²) in [5, 5.41) is 9.29. The number of carbonyl (C=O) groups is 2. The molecule has 0 radical (unpaired) electrons. The molecule has 0 aromatic heterocycles. The van der Waals surface area contributed by atoms with Crippen LogP contribution in [0.15, 0.2) is 94.4 Å². The smallest absolute Gasteiger partial charge is 0.205 e. The third-order valence-electron chi connectivity index (χ3n) is 6.99. The van der Waals surface area contributed by atoms with Crippen LogP contribution < -0.4 is 0 Å². The predicted molar refractivity (Wildman–Crippen MR) is 226 cm³/mol. The van der Waals surface area contributed by atoms with Crippen LogP contribution in [0.25, 0.3) is 6.08 Å². The molecule has 0 saturated carbocycles. The molecular weight excluding hydrogens is 962 g/mol. The minimum absolute atomic E-state index is 0.138. The van der Waals surface area contributed by atoms with Gasteiger partial charge in [0, 0.05) is 28.7 Å². The molecule has 0 aliphatic heterocycles. The van der Waals surface area contributed by atoms with Crippen LogP contribution in [-0.2, 0) is 4.79 Å². The van der Waals surface area contributed by atoms with Crippen molar-refractivity contribution in [3.8, 4) is 36.0 Å². The van der Waals surface area contributed by atoms with Gasteiger partial charge >= 0.3 is 0 Å². The molecule has 5 aromatic rings. The molecule has 0 aliphatic rings. The van der Waals surface area contributed by atoms with E-state index in [2.05, 4.69) is 61.5 Å². The predicted octanol–water partition coefficient (Wildman–Crippen LogP) is 12.9. The van der Waals surface area contributed by atoms with Crippen LogP contribution in [0.3, 0.4) is 0 Å². The number of aldehydes is 1. The highest BCUT2D eigenvalue weighted by molar-refractivity contribution is 9.28. The number of aliphatic hydroxyl groups is 1. The summed E-state index contributed by atoms with van der Waals surface area (Å²) in [5.74, 6) is 2.92. The highest BCUT2D eigenvalue weighted by Crippen LogP contribution is 2.19. The van der Waals surface area contributed by atoms with Crippen molar-refractivity contribution >= 4 is 50.0 Å². The largest absolute Gasteiger partial charge is 0.380 e. The van der Waals surface area contributed by atoms with E-state index in [0.717, 1.165) is 73.5 Å². The van der Waals surface area contributed by atoms with Crippen LogP contribution in [0.5, 0.6) is 0 Å². The first-order valence-electron chi connectivity index (χ1n) is 17.8. The zero-order chi connectivity index (χ0) is 46.8. The molecule has 15 heteroatoms. The number of Topliss-reactive ketones (excluding diaryl/α,β-unsaturated/α-hetero) is 1. The maximum Gasteiger partial charge on any atom is 0.205 e. The Hall–Kier alpha value is -5.92. The Balaban J connectivity index is 0.000000392. The summed E-state index contributed by atoms with van der Waals surface area (Å²) in [5.41, 5.74) is 1.75. The highest BCUT2D eigenvalue weighted by atomic mass is 79.9. The molecule has 0 heterocycles. The lowest BCUT2D eigenvalue weighted by atomic mass is 10.2. The van der Waals surface area contributed by atoms with E-state index < -0.39 is 64.3 Å². The molecule has 0 bridgehead atoms. The minimum Gasteiger partial charge on any atom is -0.380 e. The summed E-state index contributed by atoms with van der Waals surface area (Å²) >= 11 is 6.23. The molecule has 62 heavy (non-hydrogen) atoms. The van der Waals surface area contributed by atoms with Crippen molar-refractivity contribution in [2.24, 2.45) is 0 Å². The molecule has 5 rings (SSSR count). The van der Waals surface area contributed by atoms with Crippen LogP contribution in [0.4, 0.5) is 43.9 Å². The highest BCUT2D eigenvalue weighted by Gasteiger charge is 2.04. The van der Waals surface area contributed by atoms with Gasteiger partial charge in [0.05, 0.1) is 3.39 Å². The van der Waals surface area contributed by atoms with Crippen molar-refractivity contribution in [1.29, 1.82) is 0 Å². The second-order valence-corrected chi connectivity index (χ2v) is 14.7. The van der Waals surface area contributed by atoms with Gasteiger partial charge in [-0.05, 0) is 147 Å².